The first-order valence-corrected chi connectivity index (χ1v) is 6.53. The fourth-order valence-corrected chi connectivity index (χ4v) is 2.53. The van der Waals surface area contributed by atoms with Gasteiger partial charge < -0.3 is 9.47 Å². The molecule has 1 rings (SSSR count). The summed E-state index contributed by atoms with van der Waals surface area (Å²) < 4.78 is 10.6. The molecule has 0 atom stereocenters. The molecule has 0 unspecified atom stereocenters. The van der Waals surface area contributed by atoms with E-state index in [1.165, 1.54) is 0 Å². The van der Waals surface area contributed by atoms with Crippen LogP contribution in [0.15, 0.2) is 0 Å². The van der Waals surface area contributed by atoms with Crippen molar-refractivity contribution in [1.29, 1.82) is 0 Å². The SMILES string of the molecule is COCCCC(=O)C1(OC)CCC(C)(C)CC1. The van der Waals surface area contributed by atoms with E-state index in [0.29, 0.717) is 18.4 Å². The van der Waals surface area contributed by atoms with Gasteiger partial charge in [0.05, 0.1) is 0 Å². The van der Waals surface area contributed by atoms with Gasteiger partial charge in [-0.25, -0.2) is 0 Å². The molecular formula is C14H26O3. The van der Waals surface area contributed by atoms with Crippen LogP contribution in [0.1, 0.15) is 52.4 Å². The summed E-state index contributed by atoms with van der Waals surface area (Å²) in [4.78, 5) is 12.3. The molecular weight excluding hydrogens is 216 g/mol. The summed E-state index contributed by atoms with van der Waals surface area (Å²) in [5.74, 6) is 0.257. The van der Waals surface area contributed by atoms with E-state index in [9.17, 15) is 4.79 Å². The highest BCUT2D eigenvalue weighted by molar-refractivity contribution is 5.87. The number of methoxy groups -OCH3 is 2. The predicted molar refractivity (Wildman–Crippen MR) is 68.1 cm³/mol. The standard InChI is InChI=1S/C14H26O3/c1-13(2)7-9-14(17-4,10-8-13)12(15)6-5-11-16-3/h5-11H2,1-4H3. The molecule has 17 heavy (non-hydrogen) atoms. The number of Topliss-reactive ketones (excluding diaryl/α,β-unsaturated/α-hetero) is 1. The van der Waals surface area contributed by atoms with Gasteiger partial charge in [-0.15, -0.1) is 0 Å². The highest BCUT2D eigenvalue weighted by atomic mass is 16.5. The van der Waals surface area contributed by atoms with E-state index in [1.807, 2.05) is 0 Å². The number of rotatable bonds is 6. The fraction of sp³-hybridized carbons (Fsp3) is 0.929. The van der Waals surface area contributed by atoms with E-state index in [2.05, 4.69) is 13.8 Å². The average molecular weight is 242 g/mol. The van der Waals surface area contributed by atoms with Gasteiger partial charge in [0.25, 0.3) is 0 Å². The van der Waals surface area contributed by atoms with Crippen LogP contribution in [0.4, 0.5) is 0 Å². The van der Waals surface area contributed by atoms with Crippen molar-refractivity contribution in [3.63, 3.8) is 0 Å². The number of ketones is 1. The van der Waals surface area contributed by atoms with Crippen LogP contribution < -0.4 is 0 Å². The van der Waals surface area contributed by atoms with Crippen LogP contribution in [0.2, 0.25) is 0 Å². The monoisotopic (exact) mass is 242 g/mol. The van der Waals surface area contributed by atoms with Crippen molar-refractivity contribution in [1.82, 2.24) is 0 Å². The lowest BCUT2D eigenvalue weighted by Crippen LogP contribution is -2.45. The molecule has 1 fully saturated rings. The maximum atomic E-state index is 12.3. The van der Waals surface area contributed by atoms with Crippen molar-refractivity contribution in [2.24, 2.45) is 5.41 Å². The lowest BCUT2D eigenvalue weighted by atomic mass is 9.69. The lowest BCUT2D eigenvalue weighted by molar-refractivity contribution is -0.148. The van der Waals surface area contributed by atoms with Crippen LogP contribution in [-0.2, 0) is 14.3 Å². The Balaban J connectivity index is 2.54. The van der Waals surface area contributed by atoms with Gasteiger partial charge in [0.2, 0.25) is 0 Å². The van der Waals surface area contributed by atoms with Crippen LogP contribution in [0, 0.1) is 5.41 Å². The van der Waals surface area contributed by atoms with E-state index < -0.39 is 5.60 Å². The summed E-state index contributed by atoms with van der Waals surface area (Å²) in [5, 5.41) is 0. The van der Waals surface area contributed by atoms with Crippen LogP contribution in [0.5, 0.6) is 0 Å². The first-order chi connectivity index (χ1) is 7.96. The van der Waals surface area contributed by atoms with E-state index in [1.54, 1.807) is 14.2 Å². The Morgan fingerprint density at radius 2 is 1.71 bits per heavy atom. The zero-order chi connectivity index (χ0) is 12.9. The highest BCUT2D eigenvalue weighted by Gasteiger charge is 2.43. The number of carbonyl (C=O) groups is 1. The molecule has 3 heteroatoms. The number of hydrogen-bond donors (Lipinski definition) is 0. The van der Waals surface area contributed by atoms with E-state index in [-0.39, 0.29) is 5.78 Å². The molecule has 0 spiro atoms. The Morgan fingerprint density at radius 1 is 1.12 bits per heavy atom. The quantitative estimate of drug-likeness (QED) is 0.672. The van der Waals surface area contributed by atoms with Crippen LogP contribution >= 0.6 is 0 Å². The molecule has 0 amide bonds. The van der Waals surface area contributed by atoms with Gasteiger partial charge in [0.15, 0.2) is 5.78 Å². The molecule has 0 aromatic rings. The molecule has 100 valence electrons. The zero-order valence-corrected chi connectivity index (χ0v) is 11.7. The summed E-state index contributed by atoms with van der Waals surface area (Å²) >= 11 is 0. The maximum Gasteiger partial charge on any atom is 0.164 e. The molecule has 0 bridgehead atoms. The summed E-state index contributed by atoms with van der Waals surface area (Å²) in [6.45, 7) is 5.18. The molecule has 0 aromatic carbocycles. The smallest absolute Gasteiger partial charge is 0.164 e. The Bertz CT molecular complexity index is 248. The summed E-state index contributed by atoms with van der Waals surface area (Å²) in [6, 6.07) is 0. The van der Waals surface area contributed by atoms with E-state index in [4.69, 9.17) is 9.47 Å². The second kappa shape index (κ2) is 5.96. The van der Waals surface area contributed by atoms with Crippen molar-refractivity contribution >= 4 is 5.78 Å². The van der Waals surface area contributed by atoms with Crippen LogP contribution in [0.25, 0.3) is 0 Å². The second-order valence-electron chi connectivity index (χ2n) is 5.88. The molecule has 0 heterocycles. The summed E-state index contributed by atoms with van der Waals surface area (Å²) in [5.41, 5.74) is -0.155. The van der Waals surface area contributed by atoms with Crippen molar-refractivity contribution in [2.45, 2.75) is 58.0 Å². The molecule has 0 radical (unpaired) electrons. The van der Waals surface area contributed by atoms with Crippen LogP contribution in [-0.4, -0.2) is 32.2 Å². The zero-order valence-electron chi connectivity index (χ0n) is 11.7. The molecule has 1 aliphatic carbocycles. The lowest BCUT2D eigenvalue weighted by Gasteiger charge is -2.41. The third kappa shape index (κ3) is 3.78. The topological polar surface area (TPSA) is 35.5 Å². The molecule has 0 aliphatic heterocycles. The maximum absolute atomic E-state index is 12.3. The van der Waals surface area contributed by atoms with Crippen LogP contribution in [0.3, 0.4) is 0 Å². The first-order valence-electron chi connectivity index (χ1n) is 6.53. The third-order valence-electron chi connectivity index (χ3n) is 4.06. The summed E-state index contributed by atoms with van der Waals surface area (Å²) in [6.07, 6.45) is 5.23. The minimum absolute atomic E-state index is 0.257. The Hall–Kier alpha value is -0.410. The minimum Gasteiger partial charge on any atom is -0.385 e. The largest absolute Gasteiger partial charge is 0.385 e. The first kappa shape index (κ1) is 14.7. The number of ether oxygens (including phenoxy) is 2. The van der Waals surface area contributed by atoms with E-state index >= 15 is 0 Å². The average Bonchev–Trinajstić information content (AvgIpc) is 2.30. The van der Waals surface area contributed by atoms with Gasteiger partial charge in [0, 0.05) is 27.2 Å². The molecule has 0 aromatic heterocycles. The second-order valence-corrected chi connectivity index (χ2v) is 5.88. The van der Waals surface area contributed by atoms with Crippen molar-refractivity contribution in [2.75, 3.05) is 20.8 Å². The molecule has 0 saturated heterocycles. The molecule has 0 N–H and O–H groups in total. The molecule has 1 aliphatic rings. The predicted octanol–water partition coefficient (Wildman–Crippen LogP) is 2.97. The highest BCUT2D eigenvalue weighted by Crippen LogP contribution is 2.42. The van der Waals surface area contributed by atoms with Gasteiger partial charge in [0.1, 0.15) is 5.60 Å². The molecule has 1 saturated carbocycles. The normalized spacial score (nSPS) is 22.4. The van der Waals surface area contributed by atoms with Crippen molar-refractivity contribution in [3.05, 3.63) is 0 Å². The fourth-order valence-electron chi connectivity index (χ4n) is 2.53. The van der Waals surface area contributed by atoms with E-state index in [0.717, 1.165) is 32.1 Å². The number of hydrogen-bond acceptors (Lipinski definition) is 3. The van der Waals surface area contributed by atoms with Gasteiger partial charge in [-0.2, -0.15) is 0 Å². The Morgan fingerprint density at radius 3 is 2.18 bits per heavy atom. The van der Waals surface area contributed by atoms with Gasteiger partial charge >= 0.3 is 0 Å². The number of carbonyl (C=O) groups excluding carboxylic acids is 1. The third-order valence-corrected chi connectivity index (χ3v) is 4.06. The van der Waals surface area contributed by atoms with Gasteiger partial charge in [-0.05, 0) is 37.5 Å². The Labute approximate surface area is 105 Å². The van der Waals surface area contributed by atoms with Crippen molar-refractivity contribution < 1.29 is 14.3 Å². The van der Waals surface area contributed by atoms with Crippen molar-refractivity contribution in [3.8, 4) is 0 Å². The molecule has 3 nitrogen and oxygen atoms in total. The Kier molecular flexibility index (Phi) is 5.14. The van der Waals surface area contributed by atoms with Gasteiger partial charge in [-0.1, -0.05) is 13.8 Å². The summed E-state index contributed by atoms with van der Waals surface area (Å²) in [7, 11) is 3.34. The minimum atomic E-state index is -0.511. The van der Waals surface area contributed by atoms with Gasteiger partial charge in [-0.3, -0.25) is 4.79 Å².